The zero-order valence-corrected chi connectivity index (χ0v) is 10.8. The van der Waals surface area contributed by atoms with Crippen molar-refractivity contribution in [2.24, 2.45) is 5.92 Å². The highest BCUT2D eigenvalue weighted by Crippen LogP contribution is 2.10. The number of methoxy groups -OCH3 is 1. The third-order valence-corrected chi connectivity index (χ3v) is 3.04. The van der Waals surface area contributed by atoms with Crippen molar-refractivity contribution in [2.75, 3.05) is 7.11 Å². The molecule has 0 heterocycles. The summed E-state index contributed by atoms with van der Waals surface area (Å²) in [6, 6.07) is 9.82. The highest BCUT2D eigenvalue weighted by Gasteiger charge is 2.23. The summed E-state index contributed by atoms with van der Waals surface area (Å²) in [5.74, 6) is 0.0847. The molecule has 0 saturated carbocycles. The molecule has 0 spiro atoms. The van der Waals surface area contributed by atoms with Gasteiger partial charge in [-0.05, 0) is 11.5 Å². The Balaban J connectivity index is 2.58. The molecule has 0 aromatic heterocycles. The molecule has 94 valence electrons. The zero-order chi connectivity index (χ0) is 12.7. The summed E-state index contributed by atoms with van der Waals surface area (Å²) in [5.41, 5.74) is 1.17. The number of rotatable bonds is 6. The molecular formula is C14H21NO2. The van der Waals surface area contributed by atoms with Crippen molar-refractivity contribution >= 4 is 5.97 Å². The SMILES string of the molecule is CC[C@H](C)[C@H](NCc1ccccc1)C(=O)OC. The van der Waals surface area contributed by atoms with Gasteiger partial charge in [-0.15, -0.1) is 0 Å². The molecule has 0 amide bonds. The van der Waals surface area contributed by atoms with Crippen LogP contribution in [0.1, 0.15) is 25.8 Å². The molecule has 1 N–H and O–H groups in total. The van der Waals surface area contributed by atoms with E-state index in [0.29, 0.717) is 6.54 Å². The van der Waals surface area contributed by atoms with E-state index >= 15 is 0 Å². The lowest BCUT2D eigenvalue weighted by atomic mass is 9.99. The average molecular weight is 235 g/mol. The maximum absolute atomic E-state index is 11.6. The number of carbonyl (C=O) groups excluding carboxylic acids is 1. The normalized spacial score (nSPS) is 14.1. The second-order valence-corrected chi connectivity index (χ2v) is 4.25. The van der Waals surface area contributed by atoms with Crippen LogP contribution in [-0.4, -0.2) is 19.1 Å². The number of hydrogen-bond donors (Lipinski definition) is 1. The van der Waals surface area contributed by atoms with Gasteiger partial charge in [0.15, 0.2) is 0 Å². The smallest absolute Gasteiger partial charge is 0.323 e. The molecule has 0 fully saturated rings. The molecule has 3 heteroatoms. The van der Waals surface area contributed by atoms with Gasteiger partial charge in [0.1, 0.15) is 6.04 Å². The van der Waals surface area contributed by atoms with Crippen molar-refractivity contribution in [3.05, 3.63) is 35.9 Å². The summed E-state index contributed by atoms with van der Waals surface area (Å²) in [4.78, 5) is 11.6. The standard InChI is InChI=1S/C14H21NO2/c1-4-11(2)13(14(16)17-3)15-10-12-8-6-5-7-9-12/h5-9,11,13,15H,4,10H2,1-3H3/t11-,13-/m0/s1. The third kappa shape index (κ3) is 4.19. The summed E-state index contributed by atoms with van der Waals surface area (Å²) >= 11 is 0. The van der Waals surface area contributed by atoms with Crippen LogP contribution >= 0.6 is 0 Å². The second-order valence-electron chi connectivity index (χ2n) is 4.25. The van der Waals surface area contributed by atoms with Crippen LogP contribution in [0.3, 0.4) is 0 Å². The van der Waals surface area contributed by atoms with Gasteiger partial charge in [-0.3, -0.25) is 4.79 Å². The molecule has 1 aromatic carbocycles. The number of carbonyl (C=O) groups is 1. The van der Waals surface area contributed by atoms with Crippen LogP contribution in [-0.2, 0) is 16.1 Å². The van der Waals surface area contributed by atoms with E-state index in [9.17, 15) is 4.79 Å². The first kappa shape index (κ1) is 13.7. The lowest BCUT2D eigenvalue weighted by molar-refractivity contribution is -0.144. The predicted molar refractivity (Wildman–Crippen MR) is 68.5 cm³/mol. The van der Waals surface area contributed by atoms with Crippen LogP contribution in [0.5, 0.6) is 0 Å². The monoisotopic (exact) mass is 235 g/mol. The maximum atomic E-state index is 11.6. The lowest BCUT2D eigenvalue weighted by Gasteiger charge is -2.21. The molecule has 17 heavy (non-hydrogen) atoms. The molecular weight excluding hydrogens is 214 g/mol. The van der Waals surface area contributed by atoms with Gasteiger partial charge in [0.2, 0.25) is 0 Å². The van der Waals surface area contributed by atoms with E-state index in [2.05, 4.69) is 19.2 Å². The number of benzene rings is 1. The Labute approximate surface area is 103 Å². The minimum absolute atomic E-state index is 0.185. The molecule has 3 nitrogen and oxygen atoms in total. The Hall–Kier alpha value is -1.35. The Morgan fingerprint density at radius 1 is 1.35 bits per heavy atom. The Morgan fingerprint density at radius 3 is 2.53 bits per heavy atom. The number of esters is 1. The highest BCUT2D eigenvalue weighted by molar-refractivity contribution is 5.75. The van der Waals surface area contributed by atoms with Crippen molar-refractivity contribution in [2.45, 2.75) is 32.9 Å². The van der Waals surface area contributed by atoms with Crippen LogP contribution in [0.2, 0.25) is 0 Å². The predicted octanol–water partition coefficient (Wildman–Crippen LogP) is 2.36. The molecule has 1 aromatic rings. The molecule has 0 radical (unpaired) electrons. The Morgan fingerprint density at radius 2 is 2.00 bits per heavy atom. The van der Waals surface area contributed by atoms with Crippen molar-refractivity contribution in [3.8, 4) is 0 Å². The molecule has 0 saturated heterocycles. The van der Waals surface area contributed by atoms with E-state index in [-0.39, 0.29) is 17.9 Å². The Kier molecular flexibility index (Phi) is 5.70. The highest BCUT2D eigenvalue weighted by atomic mass is 16.5. The number of nitrogens with one attached hydrogen (secondary N) is 1. The van der Waals surface area contributed by atoms with Gasteiger partial charge in [0.05, 0.1) is 7.11 Å². The van der Waals surface area contributed by atoms with Crippen LogP contribution in [0.15, 0.2) is 30.3 Å². The third-order valence-electron chi connectivity index (χ3n) is 3.04. The zero-order valence-electron chi connectivity index (χ0n) is 10.8. The van der Waals surface area contributed by atoms with Gasteiger partial charge in [-0.2, -0.15) is 0 Å². The number of ether oxygens (including phenoxy) is 1. The first-order chi connectivity index (χ1) is 8.19. The van der Waals surface area contributed by atoms with Gasteiger partial charge in [-0.1, -0.05) is 50.6 Å². The topological polar surface area (TPSA) is 38.3 Å². The van der Waals surface area contributed by atoms with Crippen LogP contribution in [0.4, 0.5) is 0 Å². The summed E-state index contributed by atoms with van der Waals surface area (Å²) < 4.78 is 4.82. The first-order valence-electron chi connectivity index (χ1n) is 6.04. The minimum Gasteiger partial charge on any atom is -0.468 e. The van der Waals surface area contributed by atoms with E-state index < -0.39 is 0 Å². The van der Waals surface area contributed by atoms with E-state index in [1.54, 1.807) is 0 Å². The molecule has 0 aliphatic rings. The van der Waals surface area contributed by atoms with Crippen LogP contribution < -0.4 is 5.32 Å². The van der Waals surface area contributed by atoms with Gasteiger partial charge in [-0.25, -0.2) is 0 Å². The first-order valence-corrected chi connectivity index (χ1v) is 6.04. The van der Waals surface area contributed by atoms with Crippen molar-refractivity contribution in [1.29, 1.82) is 0 Å². The maximum Gasteiger partial charge on any atom is 0.323 e. The van der Waals surface area contributed by atoms with E-state index in [0.717, 1.165) is 6.42 Å². The summed E-state index contributed by atoms with van der Waals surface area (Å²) in [6.45, 7) is 4.81. The molecule has 2 atom stereocenters. The Bertz CT molecular complexity index is 337. The molecule has 0 aliphatic carbocycles. The fourth-order valence-electron chi connectivity index (χ4n) is 1.70. The number of hydrogen-bond acceptors (Lipinski definition) is 3. The van der Waals surface area contributed by atoms with Crippen molar-refractivity contribution in [3.63, 3.8) is 0 Å². The summed E-state index contributed by atoms with van der Waals surface area (Å²) in [5, 5.41) is 3.26. The molecule has 1 rings (SSSR count). The fourth-order valence-corrected chi connectivity index (χ4v) is 1.70. The molecule has 0 unspecified atom stereocenters. The quantitative estimate of drug-likeness (QED) is 0.769. The second kappa shape index (κ2) is 7.07. The van der Waals surface area contributed by atoms with Gasteiger partial charge >= 0.3 is 5.97 Å². The summed E-state index contributed by atoms with van der Waals surface area (Å²) in [6.07, 6.45) is 0.946. The fraction of sp³-hybridized carbons (Fsp3) is 0.500. The summed E-state index contributed by atoms with van der Waals surface area (Å²) in [7, 11) is 1.43. The van der Waals surface area contributed by atoms with Gasteiger partial charge in [0.25, 0.3) is 0 Å². The van der Waals surface area contributed by atoms with Gasteiger partial charge < -0.3 is 10.1 Å². The van der Waals surface area contributed by atoms with Gasteiger partial charge in [0, 0.05) is 6.54 Å². The van der Waals surface area contributed by atoms with E-state index in [1.807, 2.05) is 30.3 Å². The largest absolute Gasteiger partial charge is 0.468 e. The van der Waals surface area contributed by atoms with E-state index in [4.69, 9.17) is 4.74 Å². The molecule has 0 bridgehead atoms. The van der Waals surface area contributed by atoms with Crippen LogP contribution in [0, 0.1) is 5.92 Å². The van der Waals surface area contributed by atoms with Crippen LogP contribution in [0.25, 0.3) is 0 Å². The van der Waals surface area contributed by atoms with Crippen molar-refractivity contribution < 1.29 is 9.53 Å². The lowest BCUT2D eigenvalue weighted by Crippen LogP contribution is -2.42. The average Bonchev–Trinajstić information content (AvgIpc) is 2.39. The van der Waals surface area contributed by atoms with E-state index in [1.165, 1.54) is 12.7 Å². The molecule has 0 aliphatic heterocycles. The minimum atomic E-state index is -0.231. The van der Waals surface area contributed by atoms with Crippen molar-refractivity contribution in [1.82, 2.24) is 5.32 Å².